The monoisotopic (exact) mass is 849 g/mol. The number of ether oxygens (including phenoxy) is 4. The topological polar surface area (TPSA) is 228 Å². The highest BCUT2D eigenvalue weighted by Crippen LogP contribution is 2.33. The number of urea groups is 1. The minimum Gasteiger partial charge on any atom is -0.491 e. The summed E-state index contributed by atoms with van der Waals surface area (Å²) in [6.45, 7) is 9.76. The summed E-state index contributed by atoms with van der Waals surface area (Å²) in [5.74, 6) is -1.71. The highest BCUT2D eigenvalue weighted by Gasteiger charge is 2.48. The summed E-state index contributed by atoms with van der Waals surface area (Å²) < 4.78 is 23.4. The van der Waals surface area contributed by atoms with Crippen LogP contribution in [-0.4, -0.2) is 111 Å². The average molecular weight is 850 g/mol. The molecule has 1 unspecified atom stereocenters. The maximum atomic E-state index is 13.7. The van der Waals surface area contributed by atoms with Gasteiger partial charge in [-0.2, -0.15) is 5.10 Å². The molecule has 324 valence electrons. The van der Waals surface area contributed by atoms with E-state index < -0.39 is 54.7 Å². The molecule has 2 aromatic heterocycles. The number of anilines is 3. The number of hydrogen-bond acceptors (Lipinski definition) is 13. The highest BCUT2D eigenvalue weighted by atomic mass is 16.7. The first kappa shape index (κ1) is 42.8. The molecule has 7 rings (SSSR count). The second-order valence-corrected chi connectivity index (χ2v) is 15.8. The molecule has 19 nitrogen and oxygen atoms in total. The number of H-pyrrole nitrogens is 1. The van der Waals surface area contributed by atoms with Crippen molar-refractivity contribution in [1.29, 1.82) is 0 Å². The van der Waals surface area contributed by atoms with Gasteiger partial charge in [-0.25, -0.2) is 19.5 Å². The van der Waals surface area contributed by atoms with Gasteiger partial charge in [0.25, 0.3) is 17.7 Å². The van der Waals surface area contributed by atoms with Crippen molar-refractivity contribution in [2.24, 2.45) is 0 Å². The predicted molar refractivity (Wildman–Crippen MR) is 225 cm³/mol. The number of benzene rings is 3. The van der Waals surface area contributed by atoms with Crippen molar-refractivity contribution < 1.29 is 47.7 Å². The number of likely N-dealkylation sites (tertiary alicyclic amines) is 1. The first-order valence-corrected chi connectivity index (χ1v) is 20.0. The number of rotatable bonds is 15. The Hall–Kier alpha value is -7.28. The summed E-state index contributed by atoms with van der Waals surface area (Å²) in [5, 5.41) is 15.8. The molecular weight excluding hydrogens is 803 g/mol. The Balaban J connectivity index is 0.856. The fraction of sp³-hybridized carbons (Fsp3) is 0.349. The second kappa shape index (κ2) is 18.1. The van der Waals surface area contributed by atoms with Gasteiger partial charge in [-0.1, -0.05) is 26.8 Å². The lowest BCUT2D eigenvalue weighted by Gasteiger charge is -2.33. The third-order valence-corrected chi connectivity index (χ3v) is 9.99. The van der Waals surface area contributed by atoms with E-state index in [1.165, 1.54) is 6.07 Å². The van der Waals surface area contributed by atoms with Gasteiger partial charge in [-0.05, 0) is 68.8 Å². The molecule has 0 bridgehead atoms. The van der Waals surface area contributed by atoms with Gasteiger partial charge in [-0.3, -0.25) is 39.1 Å². The van der Waals surface area contributed by atoms with Crippen LogP contribution >= 0.6 is 0 Å². The smallest absolute Gasteiger partial charge is 0.491 e. The van der Waals surface area contributed by atoms with Gasteiger partial charge in [-0.15, -0.1) is 0 Å². The van der Waals surface area contributed by atoms with Gasteiger partial charge >= 0.3 is 12.2 Å². The molecule has 1 fully saturated rings. The summed E-state index contributed by atoms with van der Waals surface area (Å²) in [4.78, 5) is 83.5. The molecule has 2 aliphatic rings. The van der Waals surface area contributed by atoms with Crippen LogP contribution in [0.2, 0.25) is 0 Å². The zero-order valence-corrected chi connectivity index (χ0v) is 34.9. The molecule has 5 aromatic rings. The molecule has 0 saturated carbocycles. The Morgan fingerprint density at radius 1 is 0.935 bits per heavy atom. The molecule has 62 heavy (non-hydrogen) atoms. The first-order valence-electron chi connectivity index (χ1n) is 20.0. The molecule has 2 aliphatic heterocycles. The normalized spacial score (nSPS) is 15.3. The molecule has 1 atom stereocenters. The van der Waals surface area contributed by atoms with Gasteiger partial charge in [0.1, 0.15) is 24.7 Å². The first-order chi connectivity index (χ1) is 29.7. The van der Waals surface area contributed by atoms with Gasteiger partial charge < -0.3 is 29.6 Å². The minimum absolute atomic E-state index is 0.0599. The molecule has 0 radical (unpaired) electrons. The zero-order chi connectivity index (χ0) is 44.1. The SMILES string of the molecule is CC(C)OC(=O)OCN1C(=O)CCC(N2C(=O)c3cccc(NCCOCCOc4ccc5c(c4)ncn5-c4ccc(NC(=O)Nc5cc(C(C)(C)C)[nH]n5)cc4)c3C2=O)C1=O. The van der Waals surface area contributed by atoms with E-state index in [0.717, 1.165) is 27.3 Å². The number of carbonyl (C=O) groups is 6. The van der Waals surface area contributed by atoms with Gasteiger partial charge in [0, 0.05) is 53.3 Å². The molecule has 0 aliphatic carbocycles. The highest BCUT2D eigenvalue weighted by molar-refractivity contribution is 6.25. The Labute approximate surface area is 356 Å². The van der Waals surface area contributed by atoms with E-state index in [-0.39, 0.29) is 49.2 Å². The number of nitrogens with one attached hydrogen (secondary N) is 4. The lowest BCUT2D eigenvalue weighted by atomic mass is 9.92. The molecule has 19 heteroatoms. The van der Waals surface area contributed by atoms with E-state index in [0.29, 0.717) is 34.4 Å². The van der Waals surface area contributed by atoms with Crippen LogP contribution in [0.4, 0.5) is 26.8 Å². The van der Waals surface area contributed by atoms with Crippen LogP contribution in [0, 0.1) is 0 Å². The third-order valence-electron chi connectivity index (χ3n) is 9.99. The largest absolute Gasteiger partial charge is 0.510 e. The Bertz CT molecular complexity index is 2510. The average Bonchev–Trinajstić information content (AvgIpc) is 3.94. The van der Waals surface area contributed by atoms with E-state index in [1.54, 1.807) is 44.4 Å². The predicted octanol–water partition coefficient (Wildman–Crippen LogP) is 5.83. The number of imide groups is 2. The van der Waals surface area contributed by atoms with E-state index >= 15 is 0 Å². The second-order valence-electron chi connectivity index (χ2n) is 15.8. The Morgan fingerprint density at radius 3 is 2.47 bits per heavy atom. The number of imidazole rings is 1. The van der Waals surface area contributed by atoms with E-state index in [1.807, 2.05) is 41.0 Å². The summed E-state index contributed by atoms with van der Waals surface area (Å²) in [7, 11) is 0. The summed E-state index contributed by atoms with van der Waals surface area (Å²) in [5.41, 5.74) is 4.46. The molecular formula is C43H47N9O10. The van der Waals surface area contributed by atoms with Crippen LogP contribution in [0.15, 0.2) is 73.1 Å². The number of aromatic nitrogens is 4. The lowest BCUT2D eigenvalue weighted by Crippen LogP contribution is -2.56. The van der Waals surface area contributed by atoms with Gasteiger partial charge in [0.2, 0.25) is 5.91 Å². The summed E-state index contributed by atoms with van der Waals surface area (Å²) in [6, 6.07) is 17.9. The van der Waals surface area contributed by atoms with Gasteiger partial charge in [0.15, 0.2) is 12.5 Å². The van der Waals surface area contributed by atoms with Crippen LogP contribution < -0.4 is 20.7 Å². The molecule has 4 heterocycles. The van der Waals surface area contributed by atoms with E-state index in [2.05, 4.69) is 51.9 Å². The molecule has 4 N–H and O–H groups in total. The number of nitrogens with zero attached hydrogens (tertiary/aromatic N) is 5. The fourth-order valence-corrected chi connectivity index (χ4v) is 6.89. The van der Waals surface area contributed by atoms with Crippen molar-refractivity contribution in [3.63, 3.8) is 0 Å². The van der Waals surface area contributed by atoms with Crippen LogP contribution in [-0.2, 0) is 29.2 Å². The van der Waals surface area contributed by atoms with Crippen molar-refractivity contribution >= 4 is 64.0 Å². The number of carbonyl (C=O) groups excluding carboxylic acids is 6. The Morgan fingerprint density at radius 2 is 1.73 bits per heavy atom. The van der Waals surface area contributed by atoms with Crippen molar-refractivity contribution in [2.75, 3.05) is 49.0 Å². The Kier molecular flexibility index (Phi) is 12.5. The molecule has 6 amide bonds. The number of piperidine rings is 1. The number of amides is 6. The molecule has 1 saturated heterocycles. The van der Waals surface area contributed by atoms with Crippen molar-refractivity contribution in [1.82, 2.24) is 29.5 Å². The number of hydrogen-bond donors (Lipinski definition) is 4. The molecule has 0 spiro atoms. The van der Waals surface area contributed by atoms with Crippen LogP contribution in [0.3, 0.4) is 0 Å². The van der Waals surface area contributed by atoms with Crippen molar-refractivity contribution in [3.8, 4) is 11.4 Å². The summed E-state index contributed by atoms with van der Waals surface area (Å²) >= 11 is 0. The van der Waals surface area contributed by atoms with E-state index in [4.69, 9.17) is 18.9 Å². The number of fused-ring (bicyclic) bond motifs is 2. The summed E-state index contributed by atoms with van der Waals surface area (Å²) in [6.07, 6.45) is -0.0116. The van der Waals surface area contributed by atoms with Crippen LogP contribution in [0.5, 0.6) is 5.75 Å². The molecule has 3 aromatic carbocycles. The van der Waals surface area contributed by atoms with Gasteiger partial charge in [0.05, 0.1) is 41.5 Å². The lowest BCUT2D eigenvalue weighted by molar-refractivity contribution is -0.156. The standard InChI is InChI=1S/C43H47N9O10/c1-25(2)62-42(58)61-24-51-36(53)16-15-33(39(51)55)52-38(54)29-7-6-8-30(37(29)40(52)56)44-17-18-59-19-20-60-28-13-14-32-31(21-28)45-23-50(32)27-11-9-26(10-12-27)46-41(57)47-35-22-34(48-49-35)43(3,4)5/h6-14,21-23,25,33,44H,15-20,24H2,1-5H3,(H3,46,47,48,49,57). The van der Waals surface area contributed by atoms with Crippen molar-refractivity contribution in [3.05, 3.63) is 89.9 Å². The van der Waals surface area contributed by atoms with Crippen LogP contribution in [0.1, 0.15) is 73.9 Å². The van der Waals surface area contributed by atoms with E-state index in [9.17, 15) is 28.8 Å². The zero-order valence-electron chi connectivity index (χ0n) is 34.9. The minimum atomic E-state index is -1.25. The maximum Gasteiger partial charge on any atom is 0.510 e. The van der Waals surface area contributed by atoms with Crippen LogP contribution in [0.25, 0.3) is 16.7 Å². The number of aromatic amines is 1. The quantitative estimate of drug-likeness (QED) is 0.0553. The maximum absolute atomic E-state index is 13.7. The van der Waals surface area contributed by atoms with Crippen molar-refractivity contribution in [2.45, 2.75) is 65.0 Å². The third kappa shape index (κ3) is 9.52. The fourth-order valence-electron chi connectivity index (χ4n) is 6.89.